The van der Waals surface area contributed by atoms with Crippen molar-refractivity contribution in [1.29, 1.82) is 0 Å². The number of rotatable bonds is 2. The van der Waals surface area contributed by atoms with Crippen LogP contribution >= 0.6 is 0 Å². The molecule has 0 saturated heterocycles. The van der Waals surface area contributed by atoms with Crippen LogP contribution in [0.4, 0.5) is 0 Å². The fourth-order valence-corrected chi connectivity index (χ4v) is 2.52. The lowest BCUT2D eigenvalue weighted by Gasteiger charge is -2.30. The van der Waals surface area contributed by atoms with Gasteiger partial charge in [-0.3, -0.25) is 4.90 Å². The summed E-state index contributed by atoms with van der Waals surface area (Å²) in [7, 11) is 0. The van der Waals surface area contributed by atoms with E-state index in [1.54, 1.807) is 0 Å². The molecule has 0 amide bonds. The number of fused-ring (bicyclic) bond motifs is 2. The van der Waals surface area contributed by atoms with Crippen LogP contribution in [0.5, 0.6) is 11.5 Å². The van der Waals surface area contributed by atoms with Crippen molar-refractivity contribution in [2.45, 2.75) is 13.0 Å². The Morgan fingerprint density at radius 1 is 1.12 bits per heavy atom. The highest BCUT2D eigenvalue weighted by molar-refractivity contribution is 5.48. The van der Waals surface area contributed by atoms with Gasteiger partial charge in [-0.2, -0.15) is 0 Å². The zero-order valence-corrected chi connectivity index (χ0v) is 9.95. The molecule has 4 heteroatoms. The third-order valence-corrected chi connectivity index (χ3v) is 3.40. The van der Waals surface area contributed by atoms with Crippen LogP contribution in [-0.2, 0) is 13.0 Å². The Bertz CT molecular complexity index is 420. The van der Waals surface area contributed by atoms with E-state index in [1.165, 1.54) is 11.1 Å². The molecule has 0 unspecified atom stereocenters. The van der Waals surface area contributed by atoms with Crippen LogP contribution in [0.3, 0.4) is 0 Å². The Hall–Kier alpha value is -1.26. The van der Waals surface area contributed by atoms with E-state index in [-0.39, 0.29) is 0 Å². The lowest BCUT2D eigenvalue weighted by molar-refractivity contribution is 0.170. The molecule has 2 heterocycles. The minimum atomic E-state index is 0.651. The second kappa shape index (κ2) is 4.55. The lowest BCUT2D eigenvalue weighted by Crippen LogP contribution is -2.34. The molecule has 1 aromatic carbocycles. The smallest absolute Gasteiger partial charge is 0.161 e. The minimum Gasteiger partial charge on any atom is -0.486 e. The third kappa shape index (κ3) is 2.10. The van der Waals surface area contributed by atoms with Gasteiger partial charge in [0.05, 0.1) is 0 Å². The van der Waals surface area contributed by atoms with Gasteiger partial charge in [0.15, 0.2) is 11.5 Å². The first kappa shape index (κ1) is 10.9. The summed E-state index contributed by atoms with van der Waals surface area (Å²) in [5, 5.41) is 0. The summed E-state index contributed by atoms with van der Waals surface area (Å²) in [6.45, 7) is 5.06. The lowest BCUT2D eigenvalue weighted by atomic mass is 9.98. The summed E-state index contributed by atoms with van der Waals surface area (Å²) in [6.07, 6.45) is 1.08. The molecule has 0 aliphatic carbocycles. The maximum absolute atomic E-state index is 5.62. The normalized spacial score (nSPS) is 18.9. The molecule has 17 heavy (non-hydrogen) atoms. The van der Waals surface area contributed by atoms with Crippen molar-refractivity contribution >= 4 is 0 Å². The number of nitrogens with zero attached hydrogens (tertiary/aromatic N) is 1. The van der Waals surface area contributed by atoms with Gasteiger partial charge in [0.2, 0.25) is 0 Å². The van der Waals surface area contributed by atoms with Crippen molar-refractivity contribution in [2.24, 2.45) is 5.73 Å². The molecule has 92 valence electrons. The number of nitrogens with two attached hydrogens (primary N) is 1. The average Bonchev–Trinajstić information content (AvgIpc) is 2.36. The van der Waals surface area contributed by atoms with Crippen LogP contribution < -0.4 is 15.2 Å². The highest BCUT2D eigenvalue weighted by atomic mass is 16.6. The van der Waals surface area contributed by atoms with E-state index >= 15 is 0 Å². The van der Waals surface area contributed by atoms with Gasteiger partial charge in [-0.1, -0.05) is 0 Å². The number of benzene rings is 1. The second-order valence-corrected chi connectivity index (χ2v) is 4.58. The van der Waals surface area contributed by atoms with E-state index in [0.29, 0.717) is 13.2 Å². The molecule has 0 atom stereocenters. The van der Waals surface area contributed by atoms with E-state index in [0.717, 1.165) is 44.1 Å². The van der Waals surface area contributed by atoms with Crippen molar-refractivity contribution in [3.05, 3.63) is 23.3 Å². The predicted molar refractivity (Wildman–Crippen MR) is 65.5 cm³/mol. The van der Waals surface area contributed by atoms with Crippen LogP contribution in [0.15, 0.2) is 12.1 Å². The topological polar surface area (TPSA) is 47.7 Å². The van der Waals surface area contributed by atoms with Crippen LogP contribution in [0.1, 0.15) is 11.1 Å². The van der Waals surface area contributed by atoms with Crippen LogP contribution in [0.25, 0.3) is 0 Å². The van der Waals surface area contributed by atoms with Crippen molar-refractivity contribution < 1.29 is 9.47 Å². The Labute approximate surface area is 101 Å². The third-order valence-electron chi connectivity index (χ3n) is 3.40. The first-order chi connectivity index (χ1) is 8.36. The van der Waals surface area contributed by atoms with Gasteiger partial charge in [0.1, 0.15) is 13.2 Å². The molecule has 0 fully saturated rings. The van der Waals surface area contributed by atoms with Crippen molar-refractivity contribution in [3.63, 3.8) is 0 Å². The first-order valence-corrected chi connectivity index (χ1v) is 6.20. The summed E-state index contributed by atoms with van der Waals surface area (Å²) < 4.78 is 11.2. The van der Waals surface area contributed by atoms with Gasteiger partial charge in [-0.15, -0.1) is 0 Å². The van der Waals surface area contributed by atoms with Gasteiger partial charge in [0, 0.05) is 26.2 Å². The Balaban J connectivity index is 1.87. The molecular weight excluding hydrogens is 216 g/mol. The highest BCUT2D eigenvalue weighted by Crippen LogP contribution is 2.35. The first-order valence-electron chi connectivity index (χ1n) is 6.20. The average molecular weight is 234 g/mol. The second-order valence-electron chi connectivity index (χ2n) is 4.58. The molecule has 0 bridgehead atoms. The van der Waals surface area contributed by atoms with E-state index in [9.17, 15) is 0 Å². The zero-order chi connectivity index (χ0) is 11.7. The van der Waals surface area contributed by atoms with Gasteiger partial charge in [-0.05, 0) is 29.7 Å². The minimum absolute atomic E-state index is 0.651. The van der Waals surface area contributed by atoms with Crippen molar-refractivity contribution in [2.75, 3.05) is 32.8 Å². The van der Waals surface area contributed by atoms with Gasteiger partial charge in [-0.25, -0.2) is 0 Å². The summed E-state index contributed by atoms with van der Waals surface area (Å²) in [4.78, 5) is 2.39. The fourth-order valence-electron chi connectivity index (χ4n) is 2.52. The Morgan fingerprint density at radius 3 is 2.53 bits per heavy atom. The SMILES string of the molecule is NCCN1CCc2cc3c(cc2C1)OCCO3. The van der Waals surface area contributed by atoms with Crippen molar-refractivity contribution in [1.82, 2.24) is 4.90 Å². The molecule has 2 aliphatic heterocycles. The van der Waals surface area contributed by atoms with Gasteiger partial charge < -0.3 is 15.2 Å². The molecule has 2 aliphatic rings. The molecule has 2 N–H and O–H groups in total. The van der Waals surface area contributed by atoms with Crippen LogP contribution in [0.2, 0.25) is 0 Å². The number of ether oxygens (including phenoxy) is 2. The van der Waals surface area contributed by atoms with Crippen LogP contribution in [0, 0.1) is 0 Å². The molecule has 0 aromatic heterocycles. The quantitative estimate of drug-likeness (QED) is 0.821. The van der Waals surface area contributed by atoms with Gasteiger partial charge >= 0.3 is 0 Å². The van der Waals surface area contributed by atoms with E-state index < -0.39 is 0 Å². The largest absolute Gasteiger partial charge is 0.486 e. The van der Waals surface area contributed by atoms with E-state index in [1.807, 2.05) is 0 Å². The molecule has 3 rings (SSSR count). The summed E-state index contributed by atoms with van der Waals surface area (Å²) in [5.74, 6) is 1.80. The molecule has 1 aromatic rings. The van der Waals surface area contributed by atoms with Crippen LogP contribution in [-0.4, -0.2) is 37.7 Å². The Morgan fingerprint density at radius 2 is 1.82 bits per heavy atom. The zero-order valence-electron chi connectivity index (χ0n) is 9.95. The maximum atomic E-state index is 5.62. The van der Waals surface area contributed by atoms with Crippen molar-refractivity contribution in [3.8, 4) is 11.5 Å². The number of hydrogen-bond acceptors (Lipinski definition) is 4. The summed E-state index contributed by atoms with van der Waals surface area (Å²) in [5.41, 5.74) is 8.35. The van der Waals surface area contributed by atoms with Gasteiger partial charge in [0.25, 0.3) is 0 Å². The fraction of sp³-hybridized carbons (Fsp3) is 0.538. The molecule has 0 saturated carbocycles. The predicted octanol–water partition coefficient (Wildman–Crippen LogP) is 0.775. The molecule has 0 spiro atoms. The van der Waals surface area contributed by atoms with E-state index in [4.69, 9.17) is 15.2 Å². The maximum Gasteiger partial charge on any atom is 0.161 e. The molecular formula is C13H18N2O2. The summed E-state index contributed by atoms with van der Waals surface area (Å²) >= 11 is 0. The Kier molecular flexibility index (Phi) is 2.91. The molecule has 4 nitrogen and oxygen atoms in total. The highest BCUT2D eigenvalue weighted by Gasteiger charge is 2.20. The molecule has 0 radical (unpaired) electrons. The standard InChI is InChI=1S/C13H18N2O2/c14-2-4-15-3-1-10-7-12-13(8-11(10)9-15)17-6-5-16-12/h7-8H,1-6,9,14H2. The number of hydrogen-bond donors (Lipinski definition) is 1. The summed E-state index contributed by atoms with van der Waals surface area (Å²) in [6, 6.07) is 4.27. The monoisotopic (exact) mass is 234 g/mol. The van der Waals surface area contributed by atoms with E-state index in [2.05, 4.69) is 17.0 Å².